The molecule has 0 bridgehead atoms. The Kier molecular flexibility index (Phi) is 4.75. The van der Waals surface area contributed by atoms with Gasteiger partial charge in [0, 0.05) is 31.6 Å². The fourth-order valence-electron chi connectivity index (χ4n) is 2.33. The molecule has 0 radical (unpaired) electrons. The van der Waals surface area contributed by atoms with Crippen LogP contribution >= 0.6 is 15.9 Å². The number of halogens is 2. The molecule has 6 heteroatoms. The number of benzene rings is 1. The van der Waals surface area contributed by atoms with Crippen LogP contribution in [-0.2, 0) is 4.79 Å². The molecule has 1 fully saturated rings. The molecule has 1 heterocycles. The average molecular weight is 343 g/mol. The van der Waals surface area contributed by atoms with Gasteiger partial charge in [-0.1, -0.05) is 0 Å². The van der Waals surface area contributed by atoms with E-state index < -0.39 is 5.82 Å². The smallest absolute Gasteiger partial charge is 0.253 e. The molecule has 0 aromatic heterocycles. The van der Waals surface area contributed by atoms with Gasteiger partial charge in [0.2, 0.25) is 5.91 Å². The topological polar surface area (TPSA) is 49.4 Å². The van der Waals surface area contributed by atoms with Gasteiger partial charge in [0.1, 0.15) is 5.82 Å². The van der Waals surface area contributed by atoms with E-state index in [1.807, 2.05) is 0 Å². The van der Waals surface area contributed by atoms with Crippen LogP contribution in [0, 0.1) is 5.82 Å². The molecule has 1 aromatic carbocycles. The zero-order valence-electron chi connectivity index (χ0n) is 11.2. The Morgan fingerprint density at radius 2 is 2.00 bits per heavy atom. The highest BCUT2D eigenvalue weighted by atomic mass is 79.9. The Bertz CT molecular complexity index is 528. The monoisotopic (exact) mass is 342 g/mol. The number of carbonyl (C=O) groups is 2. The second-order valence-corrected chi connectivity index (χ2v) is 5.75. The number of hydrogen-bond donors (Lipinski definition) is 1. The number of likely N-dealkylation sites (tertiary alicyclic amines) is 1. The standard InChI is InChI=1S/C14H16BrFN2O2/c1-9(19)17-11-4-6-18(7-5-11)14(20)10-2-3-12(15)13(16)8-10/h2-3,8,11H,4-7H2,1H3,(H,17,19). The third-order valence-electron chi connectivity index (χ3n) is 3.36. The fraction of sp³-hybridized carbons (Fsp3) is 0.429. The van der Waals surface area contributed by atoms with Crippen LogP contribution in [0.1, 0.15) is 30.1 Å². The Labute approximate surface area is 125 Å². The number of rotatable bonds is 2. The van der Waals surface area contributed by atoms with Crippen molar-refractivity contribution >= 4 is 27.7 Å². The van der Waals surface area contributed by atoms with Crippen molar-refractivity contribution in [3.05, 3.63) is 34.1 Å². The lowest BCUT2D eigenvalue weighted by molar-refractivity contribution is -0.119. The molecule has 1 N–H and O–H groups in total. The molecule has 0 atom stereocenters. The molecule has 4 nitrogen and oxygen atoms in total. The summed E-state index contributed by atoms with van der Waals surface area (Å²) in [6.45, 7) is 2.63. The zero-order chi connectivity index (χ0) is 14.7. The Morgan fingerprint density at radius 3 is 2.55 bits per heavy atom. The second kappa shape index (κ2) is 6.35. The third-order valence-corrected chi connectivity index (χ3v) is 4.00. The molecule has 1 aliphatic rings. The summed E-state index contributed by atoms with van der Waals surface area (Å²) in [5.41, 5.74) is 0.351. The molecular formula is C14H16BrFN2O2. The van der Waals surface area contributed by atoms with Crippen molar-refractivity contribution in [3.63, 3.8) is 0 Å². The van der Waals surface area contributed by atoms with E-state index in [0.29, 0.717) is 23.1 Å². The highest BCUT2D eigenvalue weighted by molar-refractivity contribution is 9.10. The van der Waals surface area contributed by atoms with Crippen molar-refractivity contribution in [2.75, 3.05) is 13.1 Å². The predicted octanol–water partition coefficient (Wildman–Crippen LogP) is 2.33. The highest BCUT2D eigenvalue weighted by Crippen LogP contribution is 2.19. The quantitative estimate of drug-likeness (QED) is 0.896. The molecule has 1 aliphatic heterocycles. The van der Waals surface area contributed by atoms with Crippen LogP contribution in [0.5, 0.6) is 0 Å². The maximum absolute atomic E-state index is 13.4. The largest absolute Gasteiger partial charge is 0.353 e. The van der Waals surface area contributed by atoms with Crippen LogP contribution in [-0.4, -0.2) is 35.8 Å². The number of amides is 2. The third kappa shape index (κ3) is 3.56. The molecule has 1 saturated heterocycles. The number of hydrogen-bond acceptors (Lipinski definition) is 2. The van der Waals surface area contributed by atoms with E-state index in [9.17, 15) is 14.0 Å². The summed E-state index contributed by atoms with van der Waals surface area (Å²) in [5, 5.41) is 2.85. The Balaban J connectivity index is 1.97. The van der Waals surface area contributed by atoms with E-state index in [2.05, 4.69) is 21.2 Å². The highest BCUT2D eigenvalue weighted by Gasteiger charge is 2.24. The Morgan fingerprint density at radius 1 is 1.35 bits per heavy atom. The number of nitrogens with one attached hydrogen (secondary N) is 1. The first-order chi connectivity index (χ1) is 9.47. The van der Waals surface area contributed by atoms with E-state index in [1.165, 1.54) is 19.1 Å². The van der Waals surface area contributed by atoms with Crippen molar-refractivity contribution in [1.29, 1.82) is 0 Å². The van der Waals surface area contributed by atoms with Crippen LogP contribution in [0.4, 0.5) is 4.39 Å². The van der Waals surface area contributed by atoms with Crippen LogP contribution in [0.25, 0.3) is 0 Å². The van der Waals surface area contributed by atoms with Gasteiger partial charge in [0.25, 0.3) is 5.91 Å². The molecule has 0 saturated carbocycles. The van der Waals surface area contributed by atoms with Gasteiger partial charge >= 0.3 is 0 Å². The van der Waals surface area contributed by atoms with Crippen molar-refractivity contribution in [2.24, 2.45) is 0 Å². The summed E-state index contributed by atoms with van der Waals surface area (Å²) >= 11 is 3.07. The van der Waals surface area contributed by atoms with E-state index >= 15 is 0 Å². The second-order valence-electron chi connectivity index (χ2n) is 4.90. The van der Waals surface area contributed by atoms with Gasteiger partial charge < -0.3 is 10.2 Å². The molecule has 20 heavy (non-hydrogen) atoms. The first-order valence-electron chi connectivity index (χ1n) is 6.49. The number of nitrogens with zero attached hydrogens (tertiary/aromatic N) is 1. The van der Waals surface area contributed by atoms with Gasteiger partial charge in [-0.05, 0) is 47.0 Å². The van der Waals surface area contributed by atoms with Gasteiger partial charge in [0.05, 0.1) is 4.47 Å². The average Bonchev–Trinajstić information content (AvgIpc) is 2.41. The lowest BCUT2D eigenvalue weighted by atomic mass is 10.0. The van der Waals surface area contributed by atoms with Gasteiger partial charge in [-0.15, -0.1) is 0 Å². The van der Waals surface area contributed by atoms with E-state index in [1.54, 1.807) is 11.0 Å². The van der Waals surface area contributed by atoms with E-state index in [0.717, 1.165) is 12.8 Å². The van der Waals surface area contributed by atoms with Crippen molar-refractivity contribution in [2.45, 2.75) is 25.8 Å². The van der Waals surface area contributed by atoms with Gasteiger partial charge in [-0.2, -0.15) is 0 Å². The van der Waals surface area contributed by atoms with Gasteiger partial charge in [-0.3, -0.25) is 9.59 Å². The predicted molar refractivity (Wildman–Crippen MR) is 76.8 cm³/mol. The van der Waals surface area contributed by atoms with Crippen molar-refractivity contribution < 1.29 is 14.0 Å². The van der Waals surface area contributed by atoms with Crippen LogP contribution < -0.4 is 5.32 Å². The summed E-state index contributed by atoms with van der Waals surface area (Å²) < 4.78 is 13.8. The number of piperidine rings is 1. The SMILES string of the molecule is CC(=O)NC1CCN(C(=O)c2ccc(Br)c(F)c2)CC1. The minimum Gasteiger partial charge on any atom is -0.353 e. The summed E-state index contributed by atoms with van der Waals surface area (Å²) in [6, 6.07) is 4.51. The first-order valence-corrected chi connectivity index (χ1v) is 7.28. The molecular weight excluding hydrogens is 327 g/mol. The van der Waals surface area contributed by atoms with Crippen LogP contribution in [0.2, 0.25) is 0 Å². The van der Waals surface area contributed by atoms with Gasteiger partial charge in [0.15, 0.2) is 0 Å². The van der Waals surface area contributed by atoms with Crippen molar-refractivity contribution in [3.8, 4) is 0 Å². The van der Waals surface area contributed by atoms with Crippen LogP contribution in [0.15, 0.2) is 22.7 Å². The first kappa shape index (κ1) is 15.0. The molecule has 0 unspecified atom stereocenters. The minimum absolute atomic E-state index is 0.0512. The number of carbonyl (C=O) groups excluding carboxylic acids is 2. The minimum atomic E-state index is -0.441. The Hall–Kier alpha value is -1.43. The molecule has 2 rings (SSSR count). The maximum Gasteiger partial charge on any atom is 0.253 e. The summed E-state index contributed by atoms with van der Waals surface area (Å²) in [7, 11) is 0. The molecule has 2 amide bonds. The van der Waals surface area contributed by atoms with Crippen molar-refractivity contribution in [1.82, 2.24) is 10.2 Å². The maximum atomic E-state index is 13.4. The van der Waals surface area contributed by atoms with Crippen LogP contribution in [0.3, 0.4) is 0 Å². The van der Waals surface area contributed by atoms with Gasteiger partial charge in [-0.25, -0.2) is 4.39 Å². The lowest BCUT2D eigenvalue weighted by Crippen LogP contribution is -2.46. The zero-order valence-corrected chi connectivity index (χ0v) is 12.7. The normalized spacial score (nSPS) is 16.1. The molecule has 1 aromatic rings. The van der Waals surface area contributed by atoms with E-state index in [4.69, 9.17) is 0 Å². The molecule has 0 aliphatic carbocycles. The summed E-state index contributed by atoms with van der Waals surface area (Å²) in [5.74, 6) is -0.661. The summed E-state index contributed by atoms with van der Waals surface area (Å²) in [4.78, 5) is 24.9. The molecule has 108 valence electrons. The molecule has 0 spiro atoms. The fourth-order valence-corrected chi connectivity index (χ4v) is 2.57. The summed E-state index contributed by atoms with van der Waals surface area (Å²) in [6.07, 6.45) is 1.45. The van der Waals surface area contributed by atoms with E-state index in [-0.39, 0.29) is 17.9 Å². The lowest BCUT2D eigenvalue weighted by Gasteiger charge is -2.32.